The van der Waals surface area contributed by atoms with Crippen LogP contribution in [0.15, 0.2) is 34.2 Å². The number of aliphatic imine (C=N–C) groups is 1. The third-order valence-corrected chi connectivity index (χ3v) is 6.14. The number of hydrogen-bond donors (Lipinski definition) is 2. The third-order valence-electron chi connectivity index (χ3n) is 4.66. The topological polar surface area (TPSA) is 83.0 Å². The lowest BCUT2D eigenvalue weighted by atomic mass is 10.00. The Morgan fingerprint density at radius 3 is 2.52 bits per heavy atom. The van der Waals surface area contributed by atoms with Crippen molar-refractivity contribution < 1.29 is 13.2 Å². The number of hydrogen-bond acceptors (Lipinski definition) is 4. The minimum atomic E-state index is -3.50. The van der Waals surface area contributed by atoms with Crippen molar-refractivity contribution in [3.05, 3.63) is 29.8 Å². The molecular formula is C19H32N4O3S. The van der Waals surface area contributed by atoms with Crippen LogP contribution in [-0.2, 0) is 21.3 Å². The van der Waals surface area contributed by atoms with Crippen LogP contribution in [0, 0.1) is 5.92 Å². The van der Waals surface area contributed by atoms with Gasteiger partial charge in [0.05, 0.1) is 18.0 Å². The minimum Gasteiger partial charge on any atom is -0.383 e. The van der Waals surface area contributed by atoms with E-state index in [1.54, 1.807) is 12.1 Å². The van der Waals surface area contributed by atoms with Crippen LogP contribution < -0.4 is 10.0 Å². The summed E-state index contributed by atoms with van der Waals surface area (Å²) in [5, 5.41) is 3.36. The van der Waals surface area contributed by atoms with Crippen LogP contribution in [0.25, 0.3) is 0 Å². The van der Waals surface area contributed by atoms with Crippen LogP contribution >= 0.6 is 0 Å². The molecule has 152 valence electrons. The summed E-state index contributed by atoms with van der Waals surface area (Å²) in [5.74, 6) is 1.71. The molecule has 2 N–H and O–H groups in total. The molecule has 1 aliphatic rings. The summed E-state index contributed by atoms with van der Waals surface area (Å²) in [5.41, 5.74) is 0.978. The molecule has 1 heterocycles. The Morgan fingerprint density at radius 2 is 1.93 bits per heavy atom. The molecule has 1 fully saturated rings. The maximum Gasteiger partial charge on any atom is 0.240 e. The van der Waals surface area contributed by atoms with E-state index in [-0.39, 0.29) is 11.4 Å². The van der Waals surface area contributed by atoms with Gasteiger partial charge < -0.3 is 15.0 Å². The average Bonchev–Trinajstić information content (AvgIpc) is 2.66. The molecule has 27 heavy (non-hydrogen) atoms. The van der Waals surface area contributed by atoms with Crippen molar-refractivity contribution in [2.45, 2.75) is 38.1 Å². The molecule has 0 aromatic heterocycles. The first-order chi connectivity index (χ1) is 13.0. The van der Waals surface area contributed by atoms with Gasteiger partial charge in [0.25, 0.3) is 0 Å². The number of piperidine rings is 1. The summed E-state index contributed by atoms with van der Waals surface area (Å²) >= 11 is 0. The van der Waals surface area contributed by atoms with Crippen LogP contribution in [0.2, 0.25) is 0 Å². The van der Waals surface area contributed by atoms with Gasteiger partial charge in [-0.3, -0.25) is 0 Å². The molecule has 0 saturated carbocycles. The van der Waals surface area contributed by atoms with Crippen LogP contribution in [0.4, 0.5) is 0 Å². The Balaban J connectivity index is 2.00. The lowest BCUT2D eigenvalue weighted by molar-refractivity contribution is 0.204. The standard InChI is InChI=1S/C19H32N4O3S/c1-4-20-19(23-12-9-16(2)10-13-23)21-15-17-5-7-18(8-6-17)27(24,25)22-11-14-26-3/h5-8,16,22H,4,9-15H2,1-3H3,(H,20,21). The molecular weight excluding hydrogens is 364 g/mol. The predicted octanol–water partition coefficient (Wildman–Crippen LogP) is 1.81. The van der Waals surface area contributed by atoms with Crippen LogP contribution in [0.5, 0.6) is 0 Å². The molecule has 0 unspecified atom stereocenters. The number of nitrogens with zero attached hydrogens (tertiary/aromatic N) is 2. The number of benzene rings is 1. The zero-order valence-electron chi connectivity index (χ0n) is 16.6. The van der Waals surface area contributed by atoms with E-state index >= 15 is 0 Å². The number of guanidine groups is 1. The Kier molecular flexibility index (Phi) is 8.53. The molecule has 0 atom stereocenters. The highest BCUT2D eigenvalue weighted by Crippen LogP contribution is 2.16. The highest BCUT2D eigenvalue weighted by Gasteiger charge is 2.18. The quantitative estimate of drug-likeness (QED) is 0.398. The van der Waals surface area contributed by atoms with E-state index in [0.29, 0.717) is 13.2 Å². The summed E-state index contributed by atoms with van der Waals surface area (Å²) in [6, 6.07) is 6.87. The number of likely N-dealkylation sites (tertiary alicyclic amines) is 1. The highest BCUT2D eigenvalue weighted by atomic mass is 32.2. The van der Waals surface area contributed by atoms with Gasteiger partial charge in [-0.1, -0.05) is 19.1 Å². The molecule has 0 amide bonds. The maximum atomic E-state index is 12.2. The van der Waals surface area contributed by atoms with Crippen molar-refractivity contribution in [3.8, 4) is 0 Å². The van der Waals surface area contributed by atoms with Crippen molar-refractivity contribution in [3.63, 3.8) is 0 Å². The van der Waals surface area contributed by atoms with E-state index in [0.717, 1.165) is 37.1 Å². The first kappa shape index (κ1) is 21.7. The first-order valence-electron chi connectivity index (χ1n) is 9.57. The van der Waals surface area contributed by atoms with E-state index < -0.39 is 10.0 Å². The number of sulfonamides is 1. The van der Waals surface area contributed by atoms with E-state index in [9.17, 15) is 8.42 Å². The second kappa shape index (κ2) is 10.6. The fraction of sp³-hybridized carbons (Fsp3) is 0.632. The van der Waals surface area contributed by atoms with Gasteiger partial charge in [-0.2, -0.15) is 0 Å². The Bertz CT molecular complexity index is 696. The van der Waals surface area contributed by atoms with Crippen molar-refractivity contribution >= 4 is 16.0 Å². The van der Waals surface area contributed by atoms with Crippen LogP contribution in [0.3, 0.4) is 0 Å². The Morgan fingerprint density at radius 1 is 1.26 bits per heavy atom. The molecule has 1 aromatic rings. The zero-order valence-corrected chi connectivity index (χ0v) is 17.4. The molecule has 2 rings (SSSR count). The monoisotopic (exact) mass is 396 g/mol. The zero-order chi connectivity index (χ0) is 19.7. The largest absolute Gasteiger partial charge is 0.383 e. The van der Waals surface area contributed by atoms with Gasteiger partial charge in [-0.05, 0) is 43.4 Å². The van der Waals surface area contributed by atoms with E-state index in [1.807, 2.05) is 12.1 Å². The highest BCUT2D eigenvalue weighted by molar-refractivity contribution is 7.89. The summed E-state index contributed by atoms with van der Waals surface area (Å²) in [6.07, 6.45) is 2.38. The van der Waals surface area contributed by atoms with E-state index in [1.165, 1.54) is 20.0 Å². The van der Waals surface area contributed by atoms with Gasteiger partial charge >= 0.3 is 0 Å². The van der Waals surface area contributed by atoms with Crippen molar-refractivity contribution in [2.75, 3.05) is 39.9 Å². The predicted molar refractivity (Wildman–Crippen MR) is 108 cm³/mol. The molecule has 1 aromatic carbocycles. The maximum absolute atomic E-state index is 12.2. The average molecular weight is 397 g/mol. The summed E-state index contributed by atoms with van der Waals surface area (Å²) in [6.45, 7) is 8.36. The number of ether oxygens (including phenoxy) is 1. The fourth-order valence-electron chi connectivity index (χ4n) is 2.95. The van der Waals surface area contributed by atoms with E-state index in [2.05, 4.69) is 28.8 Å². The fourth-order valence-corrected chi connectivity index (χ4v) is 3.96. The van der Waals surface area contributed by atoms with Crippen LogP contribution in [0.1, 0.15) is 32.3 Å². The molecule has 7 nitrogen and oxygen atoms in total. The summed E-state index contributed by atoms with van der Waals surface area (Å²) in [7, 11) is -1.96. The van der Waals surface area contributed by atoms with Crippen molar-refractivity contribution in [2.24, 2.45) is 10.9 Å². The molecule has 8 heteroatoms. The first-order valence-corrected chi connectivity index (χ1v) is 11.1. The minimum absolute atomic E-state index is 0.253. The van der Waals surface area contributed by atoms with Gasteiger partial charge in [0, 0.05) is 33.3 Å². The lowest BCUT2D eigenvalue weighted by Crippen LogP contribution is -2.45. The second-order valence-corrected chi connectivity index (χ2v) is 8.64. The van der Waals surface area contributed by atoms with Gasteiger partial charge in [0.2, 0.25) is 10.0 Å². The normalized spacial score (nSPS) is 16.6. The van der Waals surface area contributed by atoms with Crippen molar-refractivity contribution in [1.29, 1.82) is 0 Å². The molecule has 0 radical (unpaired) electrons. The molecule has 1 aliphatic heterocycles. The van der Waals surface area contributed by atoms with Gasteiger partial charge in [0.1, 0.15) is 0 Å². The summed E-state index contributed by atoms with van der Waals surface area (Å²) < 4.78 is 31.8. The SMILES string of the molecule is CCNC(=NCc1ccc(S(=O)(=O)NCCOC)cc1)N1CCC(C)CC1. The molecule has 0 bridgehead atoms. The molecule has 0 aliphatic carbocycles. The second-order valence-electron chi connectivity index (χ2n) is 6.87. The van der Waals surface area contributed by atoms with Crippen LogP contribution in [-0.4, -0.2) is 59.2 Å². The number of nitrogens with one attached hydrogen (secondary N) is 2. The Labute approximate surface area is 163 Å². The van der Waals surface area contributed by atoms with Gasteiger partial charge in [-0.15, -0.1) is 0 Å². The third kappa shape index (κ3) is 6.79. The number of rotatable bonds is 8. The number of methoxy groups -OCH3 is 1. The molecule has 0 spiro atoms. The van der Waals surface area contributed by atoms with E-state index in [4.69, 9.17) is 9.73 Å². The molecule has 1 saturated heterocycles. The van der Waals surface area contributed by atoms with Crippen molar-refractivity contribution in [1.82, 2.24) is 14.9 Å². The smallest absolute Gasteiger partial charge is 0.240 e. The Hall–Kier alpha value is -1.64. The van der Waals surface area contributed by atoms with Gasteiger partial charge in [0.15, 0.2) is 5.96 Å². The van der Waals surface area contributed by atoms with Gasteiger partial charge in [-0.25, -0.2) is 18.1 Å². The lowest BCUT2D eigenvalue weighted by Gasteiger charge is -2.33. The summed E-state index contributed by atoms with van der Waals surface area (Å²) in [4.78, 5) is 7.30.